The van der Waals surface area contributed by atoms with Gasteiger partial charge < -0.3 is 5.11 Å². The highest BCUT2D eigenvalue weighted by atomic mass is 32.2. The van der Waals surface area contributed by atoms with Crippen LogP contribution in [0, 0.1) is 5.41 Å². The lowest BCUT2D eigenvalue weighted by Gasteiger charge is -2.18. The van der Waals surface area contributed by atoms with Crippen molar-refractivity contribution in [1.82, 2.24) is 9.71 Å². The van der Waals surface area contributed by atoms with Gasteiger partial charge in [0.1, 0.15) is 5.01 Å². The van der Waals surface area contributed by atoms with Crippen LogP contribution in [0.15, 0.2) is 40.7 Å². The zero-order chi connectivity index (χ0) is 16.4. The van der Waals surface area contributed by atoms with Gasteiger partial charge in [0.25, 0.3) is 10.0 Å². The van der Waals surface area contributed by atoms with Gasteiger partial charge in [-0.2, -0.15) is 0 Å². The molecule has 0 aliphatic carbocycles. The van der Waals surface area contributed by atoms with E-state index in [4.69, 9.17) is 5.11 Å². The second-order valence-electron chi connectivity index (χ2n) is 5.36. The number of hydrogen-bond acceptors (Lipinski definition) is 5. The first-order valence-corrected chi connectivity index (χ1v) is 8.77. The molecule has 1 aromatic heterocycles. The van der Waals surface area contributed by atoms with Gasteiger partial charge in [0, 0.05) is 12.1 Å². The minimum atomic E-state index is -3.77. The molecule has 8 heteroatoms. The second kappa shape index (κ2) is 6.15. The van der Waals surface area contributed by atoms with Crippen molar-refractivity contribution in [3.8, 4) is 10.6 Å². The number of carbonyl (C=O) groups is 1. The molecule has 1 heterocycles. The van der Waals surface area contributed by atoms with Crippen molar-refractivity contribution in [2.24, 2.45) is 5.41 Å². The van der Waals surface area contributed by atoms with Gasteiger partial charge in [-0.05, 0) is 13.8 Å². The van der Waals surface area contributed by atoms with Gasteiger partial charge in [-0.3, -0.25) is 4.79 Å². The maximum absolute atomic E-state index is 12.2. The molecular weight excluding hydrogens is 324 g/mol. The van der Waals surface area contributed by atoms with Crippen molar-refractivity contribution in [1.29, 1.82) is 0 Å². The summed E-state index contributed by atoms with van der Waals surface area (Å²) in [5.74, 6) is -1.07. The summed E-state index contributed by atoms with van der Waals surface area (Å²) in [7, 11) is -3.77. The Morgan fingerprint density at radius 1 is 1.32 bits per heavy atom. The summed E-state index contributed by atoms with van der Waals surface area (Å²) in [6, 6.07) is 9.24. The first-order valence-electron chi connectivity index (χ1n) is 6.47. The van der Waals surface area contributed by atoms with Crippen LogP contribution in [0.2, 0.25) is 0 Å². The number of sulfonamides is 1. The molecule has 0 fully saturated rings. The van der Waals surface area contributed by atoms with E-state index in [-0.39, 0.29) is 10.8 Å². The first-order chi connectivity index (χ1) is 10.2. The number of aliphatic carboxylic acids is 1. The predicted octanol–water partition coefficient (Wildman–Crippen LogP) is 2.20. The molecule has 0 unspecified atom stereocenters. The average molecular weight is 340 g/mol. The van der Waals surface area contributed by atoms with Gasteiger partial charge in [-0.1, -0.05) is 30.3 Å². The van der Waals surface area contributed by atoms with Crippen LogP contribution in [-0.2, 0) is 14.8 Å². The largest absolute Gasteiger partial charge is 0.481 e. The minimum Gasteiger partial charge on any atom is -0.481 e. The zero-order valence-electron chi connectivity index (χ0n) is 12.1. The van der Waals surface area contributed by atoms with Crippen LogP contribution in [0.5, 0.6) is 0 Å². The number of thiazole rings is 1. The summed E-state index contributed by atoms with van der Waals surface area (Å²) in [5.41, 5.74) is -0.347. The van der Waals surface area contributed by atoms with Crippen LogP contribution < -0.4 is 4.72 Å². The molecule has 0 radical (unpaired) electrons. The van der Waals surface area contributed by atoms with Crippen LogP contribution in [0.4, 0.5) is 0 Å². The second-order valence-corrected chi connectivity index (χ2v) is 8.39. The van der Waals surface area contributed by atoms with E-state index in [1.165, 1.54) is 20.0 Å². The van der Waals surface area contributed by atoms with Gasteiger partial charge in [-0.25, -0.2) is 18.1 Å². The van der Waals surface area contributed by atoms with Crippen LogP contribution in [0.1, 0.15) is 13.8 Å². The third kappa shape index (κ3) is 3.70. The van der Waals surface area contributed by atoms with E-state index in [0.717, 1.165) is 16.9 Å². The molecule has 6 nitrogen and oxygen atoms in total. The van der Waals surface area contributed by atoms with Gasteiger partial charge in [0.05, 0.1) is 11.6 Å². The topological polar surface area (TPSA) is 96.4 Å². The summed E-state index contributed by atoms with van der Waals surface area (Å²) < 4.78 is 26.8. The van der Waals surface area contributed by atoms with E-state index in [1.807, 2.05) is 30.3 Å². The number of carboxylic acid groups (broad SMARTS) is 1. The Bertz CT molecular complexity index is 767. The number of carboxylic acids is 1. The third-order valence-electron chi connectivity index (χ3n) is 3.05. The zero-order valence-corrected chi connectivity index (χ0v) is 13.7. The Kier molecular flexibility index (Phi) is 4.64. The molecule has 0 aliphatic rings. The number of nitrogens with zero attached hydrogens (tertiary/aromatic N) is 1. The Hall–Kier alpha value is -1.77. The summed E-state index contributed by atoms with van der Waals surface area (Å²) in [6.07, 6.45) is 1.28. The maximum atomic E-state index is 12.2. The normalized spacial score (nSPS) is 12.3. The van der Waals surface area contributed by atoms with Crippen molar-refractivity contribution < 1.29 is 18.3 Å². The van der Waals surface area contributed by atoms with Gasteiger partial charge in [0.15, 0.2) is 4.21 Å². The van der Waals surface area contributed by atoms with Gasteiger partial charge >= 0.3 is 5.97 Å². The fourth-order valence-corrected chi connectivity index (χ4v) is 3.91. The quantitative estimate of drug-likeness (QED) is 0.840. The van der Waals surface area contributed by atoms with Crippen LogP contribution in [-0.4, -0.2) is 31.0 Å². The Morgan fingerprint density at radius 3 is 2.55 bits per heavy atom. The molecule has 0 saturated heterocycles. The lowest BCUT2D eigenvalue weighted by Crippen LogP contribution is -2.38. The van der Waals surface area contributed by atoms with E-state index in [1.54, 1.807) is 0 Å². The van der Waals surface area contributed by atoms with E-state index in [2.05, 4.69) is 9.71 Å². The molecule has 0 atom stereocenters. The number of benzene rings is 1. The van der Waals surface area contributed by atoms with Crippen LogP contribution in [0.3, 0.4) is 0 Å². The van der Waals surface area contributed by atoms with E-state index >= 15 is 0 Å². The number of aromatic nitrogens is 1. The van der Waals surface area contributed by atoms with Crippen molar-refractivity contribution >= 4 is 27.3 Å². The Morgan fingerprint density at radius 2 is 1.95 bits per heavy atom. The molecule has 0 spiro atoms. The smallest absolute Gasteiger partial charge is 0.310 e. The van der Waals surface area contributed by atoms with Crippen molar-refractivity contribution in [2.45, 2.75) is 18.1 Å². The molecule has 22 heavy (non-hydrogen) atoms. The van der Waals surface area contributed by atoms with Crippen LogP contribution >= 0.6 is 11.3 Å². The van der Waals surface area contributed by atoms with E-state index in [9.17, 15) is 13.2 Å². The summed E-state index contributed by atoms with van der Waals surface area (Å²) in [6.45, 7) is 2.73. The molecule has 2 N–H and O–H groups in total. The highest BCUT2D eigenvalue weighted by Gasteiger charge is 2.30. The number of hydrogen-bond donors (Lipinski definition) is 2. The molecular formula is C14H16N2O4S2. The summed E-state index contributed by atoms with van der Waals surface area (Å²) >= 11 is 1.04. The molecule has 0 amide bonds. The molecule has 0 bridgehead atoms. The monoisotopic (exact) mass is 340 g/mol. The van der Waals surface area contributed by atoms with E-state index < -0.39 is 21.4 Å². The molecule has 118 valence electrons. The predicted molar refractivity (Wildman–Crippen MR) is 84.2 cm³/mol. The SMILES string of the molecule is CC(C)(CNS(=O)(=O)c1cnc(-c2ccccc2)s1)C(=O)O. The van der Waals surface area contributed by atoms with Gasteiger partial charge in [0.2, 0.25) is 0 Å². The van der Waals surface area contributed by atoms with Crippen molar-refractivity contribution in [2.75, 3.05) is 6.54 Å². The third-order valence-corrected chi connectivity index (χ3v) is 5.96. The summed E-state index contributed by atoms with van der Waals surface area (Å²) in [5, 5.41) is 9.61. The Balaban J connectivity index is 2.18. The fourth-order valence-electron chi connectivity index (χ4n) is 1.52. The minimum absolute atomic E-state index is 0.0625. The van der Waals surface area contributed by atoms with Crippen LogP contribution in [0.25, 0.3) is 10.6 Å². The van der Waals surface area contributed by atoms with E-state index in [0.29, 0.717) is 5.01 Å². The van der Waals surface area contributed by atoms with Crippen molar-refractivity contribution in [3.63, 3.8) is 0 Å². The number of nitrogens with one attached hydrogen (secondary N) is 1. The molecule has 0 saturated carbocycles. The lowest BCUT2D eigenvalue weighted by atomic mass is 9.95. The van der Waals surface area contributed by atoms with Gasteiger partial charge in [-0.15, -0.1) is 11.3 Å². The Labute approximate surface area is 132 Å². The molecule has 2 aromatic rings. The standard InChI is InChI=1S/C14H16N2O4S2/c1-14(2,13(17)18)9-16-22(19,20)11-8-15-12(21-11)10-6-4-3-5-7-10/h3-8,16H,9H2,1-2H3,(H,17,18). The number of rotatable bonds is 6. The average Bonchev–Trinajstić information content (AvgIpc) is 2.97. The lowest BCUT2D eigenvalue weighted by molar-refractivity contribution is -0.146. The summed E-state index contributed by atoms with van der Waals surface area (Å²) in [4.78, 5) is 15.1. The molecule has 0 aliphatic heterocycles. The molecule has 1 aromatic carbocycles. The highest BCUT2D eigenvalue weighted by Crippen LogP contribution is 2.27. The highest BCUT2D eigenvalue weighted by molar-refractivity contribution is 7.91. The fraction of sp³-hybridized carbons (Fsp3) is 0.286. The van der Waals surface area contributed by atoms with Crippen molar-refractivity contribution in [3.05, 3.63) is 36.5 Å². The maximum Gasteiger partial charge on any atom is 0.310 e. The molecule has 2 rings (SSSR count). The first kappa shape index (κ1) is 16.6.